The van der Waals surface area contributed by atoms with E-state index in [1.54, 1.807) is 0 Å². The molecule has 1 aliphatic heterocycles. The summed E-state index contributed by atoms with van der Waals surface area (Å²) in [5.74, 6) is 0.880. The fourth-order valence-electron chi connectivity index (χ4n) is 1.91. The van der Waals surface area contributed by atoms with Gasteiger partial charge in [0.1, 0.15) is 6.26 Å². The van der Waals surface area contributed by atoms with E-state index >= 15 is 0 Å². The number of carbonyl (C=O) groups excluding carboxylic acids is 1. The maximum atomic E-state index is 11.3. The second-order valence-electron chi connectivity index (χ2n) is 4.21. The third-order valence-corrected chi connectivity index (χ3v) is 2.97. The first-order chi connectivity index (χ1) is 9.28. The van der Waals surface area contributed by atoms with Crippen molar-refractivity contribution in [1.82, 2.24) is 10.1 Å². The number of esters is 1. The first-order valence-corrected chi connectivity index (χ1v) is 5.86. The topological polar surface area (TPSA) is 87.6 Å². The van der Waals surface area contributed by atoms with Gasteiger partial charge in [0.05, 0.1) is 19.3 Å². The Morgan fingerprint density at radius 2 is 2.42 bits per heavy atom. The molecular formula is C12H12N2O5. The van der Waals surface area contributed by atoms with Gasteiger partial charge in [0, 0.05) is 18.6 Å². The van der Waals surface area contributed by atoms with Gasteiger partial charge in [-0.05, 0) is 6.42 Å². The Morgan fingerprint density at radius 3 is 3.16 bits per heavy atom. The molecule has 7 heteroatoms. The van der Waals surface area contributed by atoms with Crippen LogP contribution in [0, 0.1) is 0 Å². The smallest absolute Gasteiger partial charge is 0.341 e. The number of ether oxygens (including phenoxy) is 2. The molecule has 0 aliphatic carbocycles. The molecule has 7 nitrogen and oxygen atoms in total. The van der Waals surface area contributed by atoms with Gasteiger partial charge in [0.25, 0.3) is 5.89 Å². The first-order valence-electron chi connectivity index (χ1n) is 5.86. The van der Waals surface area contributed by atoms with E-state index in [1.165, 1.54) is 19.4 Å². The van der Waals surface area contributed by atoms with E-state index in [9.17, 15) is 4.79 Å². The lowest BCUT2D eigenvalue weighted by Gasteiger charge is -1.97. The molecule has 2 aromatic rings. The molecule has 0 saturated carbocycles. The molecule has 3 rings (SSSR count). The highest BCUT2D eigenvalue weighted by molar-refractivity contribution is 5.89. The minimum absolute atomic E-state index is 0.160. The van der Waals surface area contributed by atoms with E-state index in [2.05, 4.69) is 14.9 Å². The van der Waals surface area contributed by atoms with E-state index in [4.69, 9.17) is 13.7 Å². The number of methoxy groups -OCH3 is 1. The van der Waals surface area contributed by atoms with Crippen LogP contribution in [0.1, 0.15) is 28.5 Å². The molecular weight excluding hydrogens is 252 g/mol. The molecule has 0 N–H and O–H groups in total. The molecule has 0 amide bonds. The van der Waals surface area contributed by atoms with Crippen LogP contribution in [-0.2, 0) is 9.47 Å². The highest BCUT2D eigenvalue weighted by atomic mass is 16.5. The summed E-state index contributed by atoms with van der Waals surface area (Å²) in [5, 5.41) is 3.91. The molecule has 19 heavy (non-hydrogen) atoms. The van der Waals surface area contributed by atoms with Crippen molar-refractivity contribution in [3.63, 3.8) is 0 Å². The van der Waals surface area contributed by atoms with E-state index in [0.717, 1.165) is 6.42 Å². The molecule has 0 aromatic carbocycles. The van der Waals surface area contributed by atoms with Crippen molar-refractivity contribution >= 4 is 5.97 Å². The van der Waals surface area contributed by atoms with Crippen molar-refractivity contribution in [3.8, 4) is 11.7 Å². The van der Waals surface area contributed by atoms with Crippen LogP contribution in [0.25, 0.3) is 11.7 Å². The lowest BCUT2D eigenvalue weighted by atomic mass is 10.1. The van der Waals surface area contributed by atoms with Crippen LogP contribution >= 0.6 is 0 Å². The van der Waals surface area contributed by atoms with E-state index in [0.29, 0.717) is 30.4 Å². The first kappa shape index (κ1) is 11.9. The Labute approximate surface area is 108 Å². The van der Waals surface area contributed by atoms with Gasteiger partial charge in [-0.1, -0.05) is 5.16 Å². The van der Waals surface area contributed by atoms with Gasteiger partial charge in [0.15, 0.2) is 11.6 Å². The van der Waals surface area contributed by atoms with Gasteiger partial charge < -0.3 is 18.4 Å². The Morgan fingerprint density at radius 1 is 1.53 bits per heavy atom. The minimum Gasteiger partial charge on any atom is -0.465 e. The maximum Gasteiger partial charge on any atom is 0.341 e. The molecule has 0 radical (unpaired) electrons. The molecule has 0 bridgehead atoms. The summed E-state index contributed by atoms with van der Waals surface area (Å²) in [7, 11) is 1.31. The van der Waals surface area contributed by atoms with Crippen molar-refractivity contribution < 1.29 is 23.2 Å². The summed E-state index contributed by atoms with van der Waals surface area (Å²) in [6.07, 6.45) is 2.17. The van der Waals surface area contributed by atoms with Crippen molar-refractivity contribution in [3.05, 3.63) is 23.7 Å². The number of hydrogen-bond donors (Lipinski definition) is 0. The monoisotopic (exact) mass is 264 g/mol. The summed E-state index contributed by atoms with van der Waals surface area (Å²) in [6, 6.07) is 1.51. The average Bonchev–Trinajstić information content (AvgIpc) is 3.14. The van der Waals surface area contributed by atoms with E-state index < -0.39 is 5.97 Å². The van der Waals surface area contributed by atoms with Gasteiger partial charge >= 0.3 is 5.97 Å². The molecule has 1 atom stereocenters. The highest BCUT2D eigenvalue weighted by Crippen LogP contribution is 2.26. The van der Waals surface area contributed by atoms with Crippen LogP contribution in [0.15, 0.2) is 21.3 Å². The van der Waals surface area contributed by atoms with Crippen LogP contribution in [0.3, 0.4) is 0 Å². The Bertz CT molecular complexity index is 582. The van der Waals surface area contributed by atoms with Crippen molar-refractivity contribution in [2.45, 2.75) is 12.3 Å². The molecule has 1 fully saturated rings. The van der Waals surface area contributed by atoms with Gasteiger partial charge in [-0.3, -0.25) is 0 Å². The van der Waals surface area contributed by atoms with Crippen molar-refractivity contribution in [2.24, 2.45) is 0 Å². The van der Waals surface area contributed by atoms with Gasteiger partial charge in [-0.25, -0.2) is 4.79 Å². The highest BCUT2D eigenvalue weighted by Gasteiger charge is 2.24. The number of rotatable bonds is 3. The lowest BCUT2D eigenvalue weighted by molar-refractivity contribution is 0.0600. The van der Waals surface area contributed by atoms with Crippen LogP contribution in [0.4, 0.5) is 0 Å². The maximum absolute atomic E-state index is 11.3. The number of carbonyl (C=O) groups is 1. The van der Waals surface area contributed by atoms with Crippen molar-refractivity contribution in [2.75, 3.05) is 20.3 Å². The Kier molecular flexibility index (Phi) is 3.04. The van der Waals surface area contributed by atoms with Gasteiger partial charge in [-0.15, -0.1) is 0 Å². The van der Waals surface area contributed by atoms with Gasteiger partial charge in [-0.2, -0.15) is 4.98 Å². The number of aromatic nitrogens is 2. The lowest BCUT2D eigenvalue weighted by Crippen LogP contribution is -1.99. The van der Waals surface area contributed by atoms with Crippen molar-refractivity contribution in [1.29, 1.82) is 0 Å². The fraction of sp³-hybridized carbons (Fsp3) is 0.417. The molecule has 1 saturated heterocycles. The third kappa shape index (κ3) is 2.24. The Balaban J connectivity index is 1.82. The summed E-state index contributed by atoms with van der Waals surface area (Å²) in [6.45, 7) is 1.31. The largest absolute Gasteiger partial charge is 0.465 e. The van der Waals surface area contributed by atoms with Crippen LogP contribution in [-0.4, -0.2) is 36.4 Å². The van der Waals surface area contributed by atoms with Crippen LogP contribution < -0.4 is 0 Å². The predicted molar refractivity (Wildman–Crippen MR) is 61.5 cm³/mol. The quantitative estimate of drug-likeness (QED) is 0.778. The molecule has 100 valence electrons. The fourth-order valence-corrected chi connectivity index (χ4v) is 1.91. The van der Waals surface area contributed by atoms with Crippen LogP contribution in [0.2, 0.25) is 0 Å². The zero-order valence-electron chi connectivity index (χ0n) is 10.3. The number of furan rings is 1. The summed E-state index contributed by atoms with van der Waals surface area (Å²) >= 11 is 0. The van der Waals surface area contributed by atoms with Crippen LogP contribution in [0.5, 0.6) is 0 Å². The zero-order chi connectivity index (χ0) is 13.2. The minimum atomic E-state index is -0.473. The molecule has 1 unspecified atom stereocenters. The molecule has 0 spiro atoms. The molecule has 3 heterocycles. The Hall–Kier alpha value is -2.15. The number of nitrogens with zero attached hydrogens (tertiary/aromatic N) is 2. The normalized spacial score (nSPS) is 18.7. The molecule has 1 aliphatic rings. The summed E-state index contributed by atoms with van der Waals surface area (Å²) in [4.78, 5) is 15.6. The standard InChI is InChI=1S/C12H12N2O5/c1-16-12(15)8-4-9(18-6-8)11-13-10(14-19-11)7-2-3-17-5-7/h4,6-7H,2-3,5H2,1H3. The third-order valence-electron chi connectivity index (χ3n) is 2.97. The average molecular weight is 264 g/mol. The second-order valence-corrected chi connectivity index (χ2v) is 4.21. The zero-order valence-corrected chi connectivity index (χ0v) is 10.3. The predicted octanol–water partition coefficient (Wildman–Crippen LogP) is 1.62. The van der Waals surface area contributed by atoms with Gasteiger partial charge in [0.2, 0.25) is 0 Å². The summed E-state index contributed by atoms with van der Waals surface area (Å²) < 4.78 is 20.2. The summed E-state index contributed by atoms with van der Waals surface area (Å²) in [5.41, 5.74) is 0.307. The second kappa shape index (κ2) is 4.85. The SMILES string of the molecule is COC(=O)c1coc(-c2nc(C3CCOC3)no2)c1. The van der Waals surface area contributed by atoms with E-state index in [1.807, 2.05) is 0 Å². The molecule has 2 aromatic heterocycles. The van der Waals surface area contributed by atoms with E-state index in [-0.39, 0.29) is 11.8 Å². The number of hydrogen-bond acceptors (Lipinski definition) is 7.